The van der Waals surface area contributed by atoms with Crippen LogP contribution in [0.5, 0.6) is 0 Å². The Morgan fingerprint density at radius 2 is 2.20 bits per heavy atom. The van der Waals surface area contributed by atoms with Crippen LogP contribution in [0.2, 0.25) is 0 Å². The maximum atomic E-state index is 10.0. The van der Waals surface area contributed by atoms with Crippen molar-refractivity contribution in [3.63, 3.8) is 0 Å². The molecule has 0 saturated heterocycles. The van der Waals surface area contributed by atoms with Crippen LogP contribution >= 0.6 is 0 Å². The fourth-order valence-electron chi connectivity index (χ4n) is 0.892. The molecule has 2 unspecified atom stereocenters. The van der Waals surface area contributed by atoms with Crippen molar-refractivity contribution in [3.8, 4) is 0 Å². The van der Waals surface area contributed by atoms with E-state index in [0.29, 0.717) is 12.3 Å². The molecule has 60 valence electrons. The summed E-state index contributed by atoms with van der Waals surface area (Å²) in [7, 11) is 0. The average Bonchev–Trinajstić information content (AvgIpc) is 1.88. The van der Waals surface area contributed by atoms with Gasteiger partial charge in [0, 0.05) is 6.42 Å². The molecule has 0 radical (unpaired) electrons. The molecule has 0 rings (SSSR count). The molecule has 10 heavy (non-hydrogen) atoms. The van der Waals surface area contributed by atoms with Crippen LogP contribution < -0.4 is 0 Å². The summed E-state index contributed by atoms with van der Waals surface area (Å²) in [5, 5.41) is 9.14. The van der Waals surface area contributed by atoms with Gasteiger partial charge in [0.1, 0.15) is 6.29 Å². The van der Waals surface area contributed by atoms with Crippen molar-refractivity contribution in [3.05, 3.63) is 0 Å². The summed E-state index contributed by atoms with van der Waals surface area (Å²) in [6, 6.07) is 0. The fraction of sp³-hybridized carbons (Fsp3) is 0.875. The number of hydrogen-bond donors (Lipinski definition) is 1. The zero-order valence-corrected chi connectivity index (χ0v) is 6.71. The van der Waals surface area contributed by atoms with Gasteiger partial charge in [0.05, 0.1) is 6.10 Å². The highest BCUT2D eigenvalue weighted by Gasteiger charge is 2.06. The van der Waals surface area contributed by atoms with E-state index >= 15 is 0 Å². The second-order valence-electron chi connectivity index (χ2n) is 2.81. The average molecular weight is 144 g/mol. The normalized spacial score (nSPS) is 16.3. The highest BCUT2D eigenvalue weighted by Crippen LogP contribution is 2.10. The molecule has 0 saturated carbocycles. The predicted octanol–water partition coefficient (Wildman–Crippen LogP) is 1.37. The van der Waals surface area contributed by atoms with Gasteiger partial charge in [0.2, 0.25) is 0 Å². The number of hydrogen-bond acceptors (Lipinski definition) is 2. The molecule has 0 bridgehead atoms. The molecular weight excluding hydrogens is 128 g/mol. The summed E-state index contributed by atoms with van der Waals surface area (Å²) in [6.07, 6.45) is 2.78. The lowest BCUT2D eigenvalue weighted by Gasteiger charge is -2.11. The van der Waals surface area contributed by atoms with Crippen LogP contribution in [0.3, 0.4) is 0 Å². The van der Waals surface area contributed by atoms with Gasteiger partial charge < -0.3 is 9.90 Å². The monoisotopic (exact) mass is 144 g/mol. The largest absolute Gasteiger partial charge is 0.393 e. The number of aldehydes is 1. The Morgan fingerprint density at radius 3 is 2.60 bits per heavy atom. The van der Waals surface area contributed by atoms with E-state index in [4.69, 9.17) is 5.11 Å². The molecule has 1 N–H and O–H groups in total. The first-order valence-electron chi connectivity index (χ1n) is 3.82. The number of carbonyl (C=O) groups is 1. The molecule has 0 aliphatic carbocycles. The molecule has 2 heteroatoms. The van der Waals surface area contributed by atoms with Gasteiger partial charge in [-0.15, -0.1) is 0 Å². The van der Waals surface area contributed by atoms with Gasteiger partial charge in [-0.05, 0) is 18.8 Å². The van der Waals surface area contributed by atoms with Crippen molar-refractivity contribution in [2.75, 3.05) is 0 Å². The summed E-state index contributed by atoms with van der Waals surface area (Å²) in [6.45, 7) is 3.92. The Labute approximate surface area is 62.2 Å². The second-order valence-corrected chi connectivity index (χ2v) is 2.81. The van der Waals surface area contributed by atoms with Crippen molar-refractivity contribution in [2.24, 2.45) is 5.92 Å². The van der Waals surface area contributed by atoms with Crippen molar-refractivity contribution in [1.29, 1.82) is 0 Å². The van der Waals surface area contributed by atoms with Crippen molar-refractivity contribution < 1.29 is 9.90 Å². The first kappa shape index (κ1) is 9.63. The smallest absolute Gasteiger partial charge is 0.120 e. The van der Waals surface area contributed by atoms with E-state index in [1.165, 1.54) is 0 Å². The van der Waals surface area contributed by atoms with Crippen molar-refractivity contribution in [1.82, 2.24) is 0 Å². The van der Waals surface area contributed by atoms with E-state index in [2.05, 4.69) is 0 Å². The van der Waals surface area contributed by atoms with E-state index in [0.717, 1.165) is 19.1 Å². The quantitative estimate of drug-likeness (QED) is 0.592. The maximum Gasteiger partial charge on any atom is 0.120 e. The molecule has 0 aliphatic heterocycles. The molecule has 0 spiro atoms. The summed E-state index contributed by atoms with van der Waals surface area (Å²) in [5.41, 5.74) is 0. The van der Waals surface area contributed by atoms with Gasteiger partial charge in [0.25, 0.3) is 0 Å². The minimum atomic E-state index is -0.227. The Bertz CT molecular complexity index is 91.3. The number of aliphatic hydroxyl groups excluding tert-OH is 1. The number of aliphatic hydroxyl groups is 1. The van der Waals surface area contributed by atoms with Crippen LogP contribution in [0.1, 0.15) is 33.1 Å². The molecule has 2 atom stereocenters. The highest BCUT2D eigenvalue weighted by molar-refractivity contribution is 5.49. The van der Waals surface area contributed by atoms with Gasteiger partial charge in [-0.25, -0.2) is 0 Å². The van der Waals surface area contributed by atoms with Gasteiger partial charge >= 0.3 is 0 Å². The van der Waals surface area contributed by atoms with Crippen LogP contribution in [-0.4, -0.2) is 17.5 Å². The number of rotatable bonds is 5. The van der Waals surface area contributed by atoms with Crippen molar-refractivity contribution >= 4 is 6.29 Å². The lowest BCUT2D eigenvalue weighted by atomic mass is 10.00. The molecule has 0 aromatic rings. The van der Waals surface area contributed by atoms with E-state index in [9.17, 15) is 4.79 Å². The van der Waals surface area contributed by atoms with Crippen LogP contribution in [0, 0.1) is 5.92 Å². The molecule has 2 nitrogen and oxygen atoms in total. The minimum Gasteiger partial charge on any atom is -0.393 e. The van der Waals surface area contributed by atoms with Gasteiger partial charge in [-0.1, -0.05) is 13.8 Å². The standard InChI is InChI=1S/C8H16O2/c1-3-8(10)6-7(2)4-5-9/h5,7-8,10H,3-4,6H2,1-2H3. The van der Waals surface area contributed by atoms with Crippen LogP contribution in [0.4, 0.5) is 0 Å². The zero-order valence-electron chi connectivity index (χ0n) is 6.71. The van der Waals surface area contributed by atoms with Gasteiger partial charge in [0.15, 0.2) is 0 Å². The molecule has 0 fully saturated rings. The second kappa shape index (κ2) is 5.42. The van der Waals surface area contributed by atoms with E-state index in [1.54, 1.807) is 0 Å². The first-order valence-corrected chi connectivity index (χ1v) is 3.82. The van der Waals surface area contributed by atoms with Crippen LogP contribution in [0.15, 0.2) is 0 Å². The van der Waals surface area contributed by atoms with E-state index < -0.39 is 0 Å². The third kappa shape index (κ3) is 4.50. The maximum absolute atomic E-state index is 10.0. The summed E-state index contributed by atoms with van der Waals surface area (Å²) < 4.78 is 0. The van der Waals surface area contributed by atoms with Crippen LogP contribution in [0.25, 0.3) is 0 Å². The van der Waals surface area contributed by atoms with E-state index in [-0.39, 0.29) is 6.10 Å². The summed E-state index contributed by atoms with van der Waals surface area (Å²) >= 11 is 0. The third-order valence-electron chi connectivity index (χ3n) is 1.64. The summed E-state index contributed by atoms with van der Waals surface area (Å²) in [5.74, 6) is 0.326. The molecule has 0 aliphatic rings. The molecule has 0 amide bonds. The Morgan fingerprint density at radius 1 is 1.60 bits per heavy atom. The Hall–Kier alpha value is -0.370. The van der Waals surface area contributed by atoms with E-state index in [1.807, 2.05) is 13.8 Å². The molecule has 0 aromatic carbocycles. The minimum absolute atomic E-state index is 0.227. The third-order valence-corrected chi connectivity index (χ3v) is 1.64. The zero-order chi connectivity index (χ0) is 7.98. The summed E-state index contributed by atoms with van der Waals surface area (Å²) in [4.78, 5) is 10.0. The number of carbonyl (C=O) groups excluding carboxylic acids is 1. The topological polar surface area (TPSA) is 37.3 Å². The SMILES string of the molecule is CCC(O)CC(C)CC=O. The fourth-order valence-corrected chi connectivity index (χ4v) is 0.892. The van der Waals surface area contributed by atoms with Crippen LogP contribution in [-0.2, 0) is 4.79 Å². The predicted molar refractivity (Wildman–Crippen MR) is 40.8 cm³/mol. The van der Waals surface area contributed by atoms with Crippen molar-refractivity contribution in [2.45, 2.75) is 39.2 Å². The lowest BCUT2D eigenvalue weighted by Crippen LogP contribution is -2.10. The van der Waals surface area contributed by atoms with Gasteiger partial charge in [-0.3, -0.25) is 0 Å². The van der Waals surface area contributed by atoms with Gasteiger partial charge in [-0.2, -0.15) is 0 Å². The Kier molecular flexibility index (Phi) is 5.22. The first-order chi connectivity index (χ1) is 4.70. The molecule has 0 heterocycles. The highest BCUT2D eigenvalue weighted by atomic mass is 16.3. The lowest BCUT2D eigenvalue weighted by molar-refractivity contribution is -0.108. The molecule has 0 aromatic heterocycles. The molecular formula is C8H16O2. The Balaban J connectivity index is 3.35.